The number of aliphatic imine (C=N–C) groups is 1. The zero-order chi connectivity index (χ0) is 22.6. The molecule has 0 aliphatic carbocycles. The van der Waals surface area contributed by atoms with E-state index in [4.69, 9.17) is 14.2 Å². The number of benzene rings is 1. The van der Waals surface area contributed by atoms with Crippen LogP contribution in [0.15, 0.2) is 41.5 Å². The SMILES string of the molecule is CN=C(NCc1ccc(C)cc1OCCCOC)NCc1cccnc1N1CCOCC1. The van der Waals surface area contributed by atoms with Crippen LogP contribution < -0.4 is 20.3 Å². The molecule has 1 aliphatic rings. The maximum absolute atomic E-state index is 5.99. The minimum Gasteiger partial charge on any atom is -0.493 e. The molecule has 32 heavy (non-hydrogen) atoms. The van der Waals surface area contributed by atoms with Crippen LogP contribution in [0, 0.1) is 6.92 Å². The number of hydrogen-bond acceptors (Lipinski definition) is 6. The van der Waals surface area contributed by atoms with Crippen molar-refractivity contribution in [1.29, 1.82) is 0 Å². The Morgan fingerprint density at radius 1 is 1.12 bits per heavy atom. The minimum atomic E-state index is 0.614. The molecule has 1 fully saturated rings. The number of ether oxygens (including phenoxy) is 3. The average Bonchev–Trinajstić information content (AvgIpc) is 2.83. The third kappa shape index (κ3) is 7.10. The van der Waals surface area contributed by atoms with E-state index in [1.54, 1.807) is 14.2 Å². The highest BCUT2D eigenvalue weighted by Crippen LogP contribution is 2.21. The third-order valence-electron chi connectivity index (χ3n) is 5.27. The maximum atomic E-state index is 5.99. The highest BCUT2D eigenvalue weighted by Gasteiger charge is 2.16. The number of hydrogen-bond donors (Lipinski definition) is 2. The Labute approximate surface area is 191 Å². The van der Waals surface area contributed by atoms with E-state index >= 15 is 0 Å². The zero-order valence-electron chi connectivity index (χ0n) is 19.4. The van der Waals surface area contributed by atoms with Gasteiger partial charge >= 0.3 is 0 Å². The Hall–Kier alpha value is -2.84. The van der Waals surface area contributed by atoms with Gasteiger partial charge in [-0.2, -0.15) is 0 Å². The molecule has 1 aliphatic heterocycles. The first kappa shape index (κ1) is 23.8. The van der Waals surface area contributed by atoms with Gasteiger partial charge < -0.3 is 29.7 Å². The maximum Gasteiger partial charge on any atom is 0.191 e. The van der Waals surface area contributed by atoms with Crippen LogP contribution in [0.4, 0.5) is 5.82 Å². The van der Waals surface area contributed by atoms with Crippen molar-refractivity contribution in [2.45, 2.75) is 26.4 Å². The largest absolute Gasteiger partial charge is 0.493 e. The lowest BCUT2D eigenvalue weighted by molar-refractivity contribution is 0.122. The molecule has 0 atom stereocenters. The zero-order valence-corrected chi connectivity index (χ0v) is 19.4. The molecular weight excluding hydrogens is 406 g/mol. The number of methoxy groups -OCH3 is 1. The standard InChI is InChI=1S/C24H35N5O3/c1-19-7-8-20(22(16-19)32-13-5-12-30-3)17-27-24(25-2)28-18-21-6-4-9-26-23(21)29-10-14-31-15-11-29/h4,6-9,16H,5,10-15,17-18H2,1-3H3,(H2,25,27,28). The summed E-state index contributed by atoms with van der Waals surface area (Å²) in [6.07, 6.45) is 2.70. The van der Waals surface area contributed by atoms with Gasteiger partial charge in [-0.1, -0.05) is 18.2 Å². The van der Waals surface area contributed by atoms with Crippen molar-refractivity contribution in [3.63, 3.8) is 0 Å². The molecule has 2 N–H and O–H groups in total. The quantitative estimate of drug-likeness (QED) is 0.333. The van der Waals surface area contributed by atoms with Crippen molar-refractivity contribution >= 4 is 11.8 Å². The first-order valence-electron chi connectivity index (χ1n) is 11.1. The molecule has 1 aromatic heterocycles. The van der Waals surface area contributed by atoms with E-state index in [0.29, 0.717) is 26.3 Å². The normalized spacial score (nSPS) is 14.3. The Morgan fingerprint density at radius 3 is 2.66 bits per heavy atom. The van der Waals surface area contributed by atoms with Crippen LogP contribution in [0.3, 0.4) is 0 Å². The van der Waals surface area contributed by atoms with Crippen LogP contribution >= 0.6 is 0 Å². The number of aromatic nitrogens is 1. The van der Waals surface area contributed by atoms with E-state index in [9.17, 15) is 0 Å². The number of nitrogens with zero attached hydrogens (tertiary/aromatic N) is 3. The van der Waals surface area contributed by atoms with Crippen molar-refractivity contribution in [2.24, 2.45) is 4.99 Å². The van der Waals surface area contributed by atoms with Gasteiger partial charge in [-0.05, 0) is 24.6 Å². The lowest BCUT2D eigenvalue weighted by Gasteiger charge is -2.29. The van der Waals surface area contributed by atoms with Gasteiger partial charge in [0.1, 0.15) is 11.6 Å². The number of rotatable bonds is 10. The van der Waals surface area contributed by atoms with E-state index in [1.165, 1.54) is 5.56 Å². The predicted molar refractivity (Wildman–Crippen MR) is 127 cm³/mol. The first-order chi connectivity index (χ1) is 15.7. The van der Waals surface area contributed by atoms with E-state index in [0.717, 1.165) is 61.4 Å². The number of pyridine rings is 1. The number of anilines is 1. The molecule has 0 unspecified atom stereocenters. The molecule has 2 heterocycles. The van der Waals surface area contributed by atoms with Crippen LogP contribution in [0.2, 0.25) is 0 Å². The van der Waals surface area contributed by atoms with Gasteiger partial charge in [0.2, 0.25) is 0 Å². The summed E-state index contributed by atoms with van der Waals surface area (Å²) in [6.45, 7) is 7.82. The highest BCUT2D eigenvalue weighted by molar-refractivity contribution is 5.79. The number of aryl methyl sites for hydroxylation is 1. The second kappa shape index (κ2) is 12.9. The Morgan fingerprint density at radius 2 is 1.91 bits per heavy atom. The van der Waals surface area contributed by atoms with Crippen LogP contribution in [-0.2, 0) is 22.6 Å². The molecule has 0 bridgehead atoms. The molecule has 2 aromatic rings. The lowest BCUT2D eigenvalue weighted by Crippen LogP contribution is -2.39. The molecule has 0 radical (unpaired) electrons. The Kier molecular flexibility index (Phi) is 9.59. The molecule has 174 valence electrons. The summed E-state index contributed by atoms with van der Waals surface area (Å²) in [5.41, 5.74) is 3.39. The highest BCUT2D eigenvalue weighted by atomic mass is 16.5. The molecule has 8 heteroatoms. The molecule has 0 saturated carbocycles. The number of guanidine groups is 1. The van der Waals surface area contributed by atoms with Crippen LogP contribution in [0.1, 0.15) is 23.1 Å². The van der Waals surface area contributed by atoms with Gasteiger partial charge in [0.05, 0.1) is 19.8 Å². The fourth-order valence-electron chi connectivity index (χ4n) is 3.53. The number of morpholine rings is 1. The van der Waals surface area contributed by atoms with Crippen LogP contribution in [0.25, 0.3) is 0 Å². The summed E-state index contributed by atoms with van der Waals surface area (Å²) >= 11 is 0. The molecule has 8 nitrogen and oxygen atoms in total. The van der Waals surface area contributed by atoms with Gasteiger partial charge in [0, 0.05) is 70.7 Å². The first-order valence-corrected chi connectivity index (χ1v) is 11.1. The number of nitrogens with one attached hydrogen (secondary N) is 2. The van der Waals surface area contributed by atoms with Crippen molar-refractivity contribution < 1.29 is 14.2 Å². The topological polar surface area (TPSA) is 80.2 Å². The van der Waals surface area contributed by atoms with Crippen molar-refractivity contribution in [3.05, 3.63) is 53.2 Å². The van der Waals surface area contributed by atoms with Crippen molar-refractivity contribution in [2.75, 3.05) is 58.6 Å². The smallest absolute Gasteiger partial charge is 0.191 e. The van der Waals surface area contributed by atoms with Crippen molar-refractivity contribution in [1.82, 2.24) is 15.6 Å². The summed E-state index contributed by atoms with van der Waals surface area (Å²) in [6, 6.07) is 10.3. The van der Waals surface area contributed by atoms with Gasteiger partial charge in [0.25, 0.3) is 0 Å². The summed E-state index contributed by atoms with van der Waals surface area (Å²) in [5, 5.41) is 6.81. The Balaban J connectivity index is 1.57. The molecular formula is C24H35N5O3. The van der Waals surface area contributed by atoms with Gasteiger partial charge in [-0.25, -0.2) is 4.98 Å². The molecule has 0 spiro atoms. The fourth-order valence-corrected chi connectivity index (χ4v) is 3.53. The van der Waals surface area contributed by atoms with Gasteiger partial charge in [-0.3, -0.25) is 4.99 Å². The van der Waals surface area contributed by atoms with E-state index in [-0.39, 0.29) is 0 Å². The summed E-state index contributed by atoms with van der Waals surface area (Å²) in [4.78, 5) is 11.3. The third-order valence-corrected chi connectivity index (χ3v) is 5.27. The molecule has 0 amide bonds. The van der Waals surface area contributed by atoms with Crippen molar-refractivity contribution in [3.8, 4) is 5.75 Å². The molecule has 1 aromatic carbocycles. The second-order valence-corrected chi connectivity index (χ2v) is 7.67. The molecule has 3 rings (SSSR count). The summed E-state index contributed by atoms with van der Waals surface area (Å²) < 4.78 is 16.6. The van der Waals surface area contributed by atoms with Gasteiger partial charge in [0.15, 0.2) is 5.96 Å². The summed E-state index contributed by atoms with van der Waals surface area (Å²) in [5.74, 6) is 2.63. The van der Waals surface area contributed by atoms with E-state index < -0.39 is 0 Å². The monoisotopic (exact) mass is 441 g/mol. The summed E-state index contributed by atoms with van der Waals surface area (Å²) in [7, 11) is 3.48. The lowest BCUT2D eigenvalue weighted by atomic mass is 10.1. The second-order valence-electron chi connectivity index (χ2n) is 7.67. The molecule has 1 saturated heterocycles. The average molecular weight is 442 g/mol. The minimum absolute atomic E-state index is 0.614. The van der Waals surface area contributed by atoms with Crippen LogP contribution in [-0.4, -0.2) is 64.6 Å². The van der Waals surface area contributed by atoms with E-state index in [1.807, 2.05) is 12.3 Å². The van der Waals surface area contributed by atoms with Crippen LogP contribution in [0.5, 0.6) is 5.75 Å². The van der Waals surface area contributed by atoms with Gasteiger partial charge in [-0.15, -0.1) is 0 Å². The van der Waals surface area contributed by atoms with E-state index in [2.05, 4.69) is 56.7 Å². The predicted octanol–water partition coefficient (Wildman–Crippen LogP) is 2.51. The Bertz CT molecular complexity index is 868. The fraction of sp³-hybridized carbons (Fsp3) is 0.500.